The summed E-state index contributed by atoms with van der Waals surface area (Å²) in [4.78, 5) is 12.9. The lowest BCUT2D eigenvalue weighted by Gasteiger charge is -2.34. The molecule has 0 bridgehead atoms. The quantitative estimate of drug-likeness (QED) is 0.867. The van der Waals surface area contributed by atoms with Gasteiger partial charge in [0.1, 0.15) is 11.5 Å². The first-order valence-corrected chi connectivity index (χ1v) is 6.45. The first kappa shape index (κ1) is 16.3. The Bertz CT molecular complexity index is 465. The molecule has 0 unspecified atom stereocenters. The lowest BCUT2D eigenvalue weighted by molar-refractivity contribution is -0.139. The van der Waals surface area contributed by atoms with Gasteiger partial charge in [-0.1, -0.05) is 6.07 Å². The summed E-state index contributed by atoms with van der Waals surface area (Å²) in [7, 11) is 3.19. The van der Waals surface area contributed by atoms with Gasteiger partial charge in [-0.05, 0) is 26.8 Å². The second-order valence-electron chi connectivity index (χ2n) is 5.60. The fourth-order valence-corrected chi connectivity index (χ4v) is 1.88. The van der Waals surface area contributed by atoms with E-state index in [1.165, 1.54) is 0 Å². The summed E-state index contributed by atoms with van der Waals surface area (Å²) in [5.74, 6) is 0.572. The number of carboxylic acid groups (broad SMARTS) is 1. The molecule has 0 saturated heterocycles. The molecule has 0 heterocycles. The van der Waals surface area contributed by atoms with E-state index in [9.17, 15) is 4.79 Å². The topological polar surface area (TPSA) is 59.0 Å². The summed E-state index contributed by atoms with van der Waals surface area (Å²) in [6.45, 7) is 6.46. The van der Waals surface area contributed by atoms with Gasteiger partial charge in [0.15, 0.2) is 0 Å². The molecule has 0 amide bonds. The third kappa shape index (κ3) is 4.42. The second kappa shape index (κ2) is 6.61. The van der Waals surface area contributed by atoms with Crippen molar-refractivity contribution in [2.75, 3.05) is 20.8 Å². The van der Waals surface area contributed by atoms with Gasteiger partial charge in [-0.3, -0.25) is 9.69 Å². The molecule has 1 aromatic carbocycles. The van der Waals surface area contributed by atoms with Crippen LogP contribution in [-0.4, -0.2) is 42.3 Å². The average Bonchev–Trinajstić information content (AvgIpc) is 2.36. The Morgan fingerprint density at radius 3 is 2.35 bits per heavy atom. The Morgan fingerprint density at radius 2 is 1.90 bits per heavy atom. The van der Waals surface area contributed by atoms with Crippen LogP contribution in [0.15, 0.2) is 18.2 Å². The Balaban J connectivity index is 3.01. The highest BCUT2D eigenvalue weighted by Gasteiger charge is 2.24. The van der Waals surface area contributed by atoms with Crippen molar-refractivity contribution < 1.29 is 19.4 Å². The summed E-state index contributed by atoms with van der Waals surface area (Å²) in [6.07, 6.45) is 0. The molecule has 0 aliphatic rings. The van der Waals surface area contributed by atoms with Gasteiger partial charge in [0, 0.05) is 23.7 Å². The smallest absolute Gasteiger partial charge is 0.317 e. The number of rotatable bonds is 6. The van der Waals surface area contributed by atoms with Gasteiger partial charge in [-0.25, -0.2) is 0 Å². The van der Waals surface area contributed by atoms with E-state index in [1.807, 2.05) is 37.8 Å². The second-order valence-corrected chi connectivity index (χ2v) is 5.60. The van der Waals surface area contributed by atoms with Gasteiger partial charge in [0.05, 0.1) is 20.8 Å². The molecule has 0 atom stereocenters. The van der Waals surface area contributed by atoms with Crippen molar-refractivity contribution in [1.29, 1.82) is 0 Å². The van der Waals surface area contributed by atoms with E-state index in [-0.39, 0.29) is 12.1 Å². The zero-order valence-corrected chi connectivity index (χ0v) is 12.8. The SMILES string of the molecule is COc1ccc(CN(CC(=O)O)C(C)(C)C)c(OC)c1. The van der Waals surface area contributed by atoms with Crippen molar-refractivity contribution >= 4 is 5.97 Å². The minimum atomic E-state index is -0.840. The Labute approximate surface area is 120 Å². The van der Waals surface area contributed by atoms with E-state index >= 15 is 0 Å². The molecule has 1 rings (SSSR count). The van der Waals surface area contributed by atoms with Gasteiger partial charge < -0.3 is 14.6 Å². The molecule has 0 spiro atoms. The molecule has 1 aromatic rings. The van der Waals surface area contributed by atoms with Crippen LogP contribution in [0.1, 0.15) is 26.3 Å². The number of benzene rings is 1. The number of aliphatic carboxylic acids is 1. The van der Waals surface area contributed by atoms with Crippen LogP contribution in [-0.2, 0) is 11.3 Å². The summed E-state index contributed by atoms with van der Waals surface area (Å²) < 4.78 is 10.5. The van der Waals surface area contributed by atoms with E-state index < -0.39 is 5.97 Å². The number of hydrogen-bond donors (Lipinski definition) is 1. The van der Waals surface area contributed by atoms with Crippen LogP contribution >= 0.6 is 0 Å². The van der Waals surface area contributed by atoms with E-state index in [2.05, 4.69) is 0 Å². The molecular weight excluding hydrogens is 258 g/mol. The lowest BCUT2D eigenvalue weighted by atomic mass is 10.0. The summed E-state index contributed by atoms with van der Waals surface area (Å²) in [5, 5.41) is 9.04. The number of ether oxygens (including phenoxy) is 2. The fourth-order valence-electron chi connectivity index (χ4n) is 1.88. The van der Waals surface area contributed by atoms with E-state index in [0.29, 0.717) is 18.0 Å². The van der Waals surface area contributed by atoms with Crippen LogP contribution in [0.3, 0.4) is 0 Å². The van der Waals surface area contributed by atoms with Gasteiger partial charge in [0.2, 0.25) is 0 Å². The zero-order valence-electron chi connectivity index (χ0n) is 12.8. The number of carboxylic acids is 1. The molecule has 5 heteroatoms. The Kier molecular flexibility index (Phi) is 5.39. The largest absolute Gasteiger partial charge is 0.497 e. The van der Waals surface area contributed by atoms with Crippen molar-refractivity contribution in [3.63, 3.8) is 0 Å². The van der Waals surface area contributed by atoms with Crippen LogP contribution in [0.5, 0.6) is 11.5 Å². The molecule has 5 nitrogen and oxygen atoms in total. The monoisotopic (exact) mass is 281 g/mol. The Hall–Kier alpha value is -1.75. The standard InChI is InChI=1S/C15H23NO4/c1-15(2,3)16(10-14(17)18)9-11-6-7-12(19-4)8-13(11)20-5/h6-8H,9-10H2,1-5H3,(H,17,18). The average molecular weight is 281 g/mol. The maximum atomic E-state index is 11.0. The van der Waals surface area contributed by atoms with Crippen molar-refractivity contribution in [1.82, 2.24) is 4.90 Å². The van der Waals surface area contributed by atoms with Crippen molar-refractivity contribution in [3.05, 3.63) is 23.8 Å². The van der Waals surface area contributed by atoms with E-state index in [4.69, 9.17) is 14.6 Å². The highest BCUT2D eigenvalue weighted by atomic mass is 16.5. The van der Waals surface area contributed by atoms with Gasteiger partial charge >= 0.3 is 5.97 Å². The number of methoxy groups -OCH3 is 2. The van der Waals surface area contributed by atoms with Crippen LogP contribution in [0.2, 0.25) is 0 Å². The summed E-state index contributed by atoms with van der Waals surface area (Å²) in [6, 6.07) is 5.55. The molecule has 0 saturated carbocycles. The predicted molar refractivity (Wildman–Crippen MR) is 77.3 cm³/mol. The van der Waals surface area contributed by atoms with Crippen molar-refractivity contribution in [2.24, 2.45) is 0 Å². The first-order valence-electron chi connectivity index (χ1n) is 6.45. The molecule has 112 valence electrons. The normalized spacial score (nSPS) is 11.5. The van der Waals surface area contributed by atoms with Gasteiger partial charge in [0.25, 0.3) is 0 Å². The lowest BCUT2D eigenvalue weighted by Crippen LogP contribution is -2.43. The molecule has 1 N–H and O–H groups in total. The first-order chi connectivity index (χ1) is 9.27. The third-order valence-corrected chi connectivity index (χ3v) is 3.13. The van der Waals surface area contributed by atoms with E-state index in [1.54, 1.807) is 20.3 Å². The molecule has 0 radical (unpaired) electrons. The highest BCUT2D eigenvalue weighted by Crippen LogP contribution is 2.27. The highest BCUT2D eigenvalue weighted by molar-refractivity contribution is 5.69. The number of carbonyl (C=O) groups is 1. The third-order valence-electron chi connectivity index (χ3n) is 3.13. The molecule has 0 aliphatic heterocycles. The number of hydrogen-bond acceptors (Lipinski definition) is 4. The van der Waals surface area contributed by atoms with Gasteiger partial charge in [-0.2, -0.15) is 0 Å². The predicted octanol–water partition coefficient (Wildman–Crippen LogP) is 2.39. The minimum Gasteiger partial charge on any atom is -0.497 e. The summed E-state index contributed by atoms with van der Waals surface area (Å²) >= 11 is 0. The fraction of sp³-hybridized carbons (Fsp3) is 0.533. The zero-order chi connectivity index (χ0) is 15.3. The molecule has 20 heavy (non-hydrogen) atoms. The number of nitrogens with zero attached hydrogens (tertiary/aromatic N) is 1. The van der Waals surface area contributed by atoms with E-state index in [0.717, 1.165) is 5.56 Å². The molecule has 0 fully saturated rings. The maximum absolute atomic E-state index is 11.0. The van der Waals surface area contributed by atoms with Crippen LogP contribution in [0, 0.1) is 0 Å². The van der Waals surface area contributed by atoms with Crippen LogP contribution < -0.4 is 9.47 Å². The molecule has 0 aliphatic carbocycles. The van der Waals surface area contributed by atoms with Crippen molar-refractivity contribution in [3.8, 4) is 11.5 Å². The molecule has 0 aromatic heterocycles. The van der Waals surface area contributed by atoms with Gasteiger partial charge in [-0.15, -0.1) is 0 Å². The van der Waals surface area contributed by atoms with Crippen molar-refractivity contribution in [2.45, 2.75) is 32.9 Å². The Morgan fingerprint density at radius 1 is 1.25 bits per heavy atom. The van der Waals surface area contributed by atoms with Crippen LogP contribution in [0.25, 0.3) is 0 Å². The summed E-state index contributed by atoms with van der Waals surface area (Å²) in [5.41, 5.74) is 0.688. The maximum Gasteiger partial charge on any atom is 0.317 e. The minimum absolute atomic E-state index is 0.0152. The van der Waals surface area contributed by atoms with Crippen LogP contribution in [0.4, 0.5) is 0 Å². The molecular formula is C15H23NO4.